The summed E-state index contributed by atoms with van der Waals surface area (Å²) in [6, 6.07) is 7.98. The van der Waals surface area contributed by atoms with Gasteiger partial charge >= 0.3 is 0 Å². The molecule has 1 fully saturated rings. The lowest BCUT2D eigenvalue weighted by Gasteiger charge is -2.23. The fraction of sp³-hybridized carbons (Fsp3) is 0.400. The lowest BCUT2D eigenvalue weighted by molar-refractivity contribution is 0.408. The number of imidazole rings is 1. The van der Waals surface area contributed by atoms with Gasteiger partial charge in [-0.05, 0) is 50.2 Å². The van der Waals surface area contributed by atoms with Gasteiger partial charge in [0.1, 0.15) is 34.1 Å². The number of nitrogens with one attached hydrogen (secondary N) is 1. The lowest BCUT2D eigenvalue weighted by Crippen LogP contribution is -2.19. The Morgan fingerprint density at radius 1 is 1.16 bits per heavy atom. The van der Waals surface area contributed by atoms with Crippen molar-refractivity contribution in [1.82, 2.24) is 19.5 Å². The molecule has 32 heavy (non-hydrogen) atoms. The molecule has 0 amide bonds. The zero-order valence-corrected chi connectivity index (χ0v) is 19.3. The summed E-state index contributed by atoms with van der Waals surface area (Å²) >= 11 is 1.87. The summed E-state index contributed by atoms with van der Waals surface area (Å²) in [6.07, 6.45) is 11.0. The average Bonchev–Trinajstić information content (AvgIpc) is 3.48. The van der Waals surface area contributed by atoms with Crippen molar-refractivity contribution < 1.29 is 4.74 Å². The lowest BCUT2D eigenvalue weighted by atomic mass is 9.96. The van der Waals surface area contributed by atoms with E-state index in [2.05, 4.69) is 16.0 Å². The first-order valence-corrected chi connectivity index (χ1v) is 12.2. The molecule has 164 valence electrons. The maximum Gasteiger partial charge on any atom is 0.139 e. The summed E-state index contributed by atoms with van der Waals surface area (Å²) in [5.41, 5.74) is 2.49. The molecule has 1 N–H and O–H groups in total. The standard InChI is InChI=1S/C25H27N5OS/c1-30-14-13-26-24(30)21(16-7-3-5-9-18(16)31-2)27-23-20-17-8-4-6-10-19(17)32-25(20)29-22(28-23)15-11-12-15/h3,5,7,9,13-15,21H,4,6,8,10-12H2,1-2H3,(H,27,28,29). The molecule has 1 saturated carbocycles. The van der Waals surface area contributed by atoms with E-state index in [-0.39, 0.29) is 6.04 Å². The number of ether oxygens (including phenoxy) is 1. The van der Waals surface area contributed by atoms with Gasteiger partial charge in [0, 0.05) is 35.8 Å². The van der Waals surface area contributed by atoms with Gasteiger partial charge in [-0.3, -0.25) is 0 Å². The van der Waals surface area contributed by atoms with Gasteiger partial charge in [0.15, 0.2) is 0 Å². The molecule has 7 heteroatoms. The first kappa shape index (κ1) is 19.7. The van der Waals surface area contributed by atoms with E-state index >= 15 is 0 Å². The Morgan fingerprint density at radius 3 is 2.78 bits per heavy atom. The number of hydrogen-bond acceptors (Lipinski definition) is 6. The zero-order valence-electron chi connectivity index (χ0n) is 18.5. The molecule has 0 bridgehead atoms. The minimum atomic E-state index is -0.185. The Hall–Kier alpha value is -2.93. The van der Waals surface area contributed by atoms with Gasteiger partial charge in [-0.25, -0.2) is 15.0 Å². The molecule has 0 saturated heterocycles. The van der Waals surface area contributed by atoms with Crippen molar-refractivity contribution in [2.24, 2.45) is 7.05 Å². The van der Waals surface area contributed by atoms with Crippen LogP contribution in [0.3, 0.4) is 0 Å². The summed E-state index contributed by atoms with van der Waals surface area (Å²) in [6.45, 7) is 0. The molecular weight excluding hydrogens is 418 g/mol. The van der Waals surface area contributed by atoms with Gasteiger partial charge < -0.3 is 14.6 Å². The van der Waals surface area contributed by atoms with Crippen molar-refractivity contribution in [3.63, 3.8) is 0 Å². The third kappa shape index (κ3) is 3.35. The van der Waals surface area contributed by atoms with Crippen LogP contribution >= 0.6 is 11.3 Å². The van der Waals surface area contributed by atoms with Gasteiger partial charge in [0.05, 0.1) is 12.5 Å². The number of fused-ring (bicyclic) bond motifs is 3. The quantitative estimate of drug-likeness (QED) is 0.431. The van der Waals surface area contributed by atoms with Gasteiger partial charge in [0.2, 0.25) is 0 Å². The number of aryl methyl sites for hydroxylation is 3. The van der Waals surface area contributed by atoms with E-state index in [9.17, 15) is 0 Å². The van der Waals surface area contributed by atoms with Crippen LogP contribution in [-0.2, 0) is 19.9 Å². The fourth-order valence-corrected chi connectivity index (χ4v) is 6.05. The Morgan fingerprint density at radius 2 is 2.00 bits per heavy atom. The summed E-state index contributed by atoms with van der Waals surface area (Å²) < 4.78 is 7.79. The Bertz CT molecular complexity index is 1290. The number of nitrogens with zero attached hydrogens (tertiary/aromatic N) is 4. The zero-order chi connectivity index (χ0) is 21.7. The number of hydrogen-bond donors (Lipinski definition) is 1. The smallest absolute Gasteiger partial charge is 0.139 e. The van der Waals surface area contributed by atoms with E-state index in [1.165, 1.54) is 41.5 Å². The van der Waals surface area contributed by atoms with Crippen LogP contribution in [0.4, 0.5) is 5.82 Å². The molecule has 4 aromatic rings. The third-order valence-corrected chi connectivity index (χ3v) is 7.81. The molecule has 1 atom stereocenters. The third-order valence-electron chi connectivity index (χ3n) is 6.62. The second-order valence-corrected chi connectivity index (χ2v) is 9.90. The number of methoxy groups -OCH3 is 1. The highest BCUT2D eigenvalue weighted by molar-refractivity contribution is 7.19. The molecule has 1 unspecified atom stereocenters. The summed E-state index contributed by atoms with van der Waals surface area (Å²) in [4.78, 5) is 17.4. The number of benzene rings is 1. The summed E-state index contributed by atoms with van der Waals surface area (Å²) in [5, 5.41) is 5.02. The SMILES string of the molecule is COc1ccccc1C(Nc1nc(C2CC2)nc2sc3c(c12)CCCC3)c1nccn1C. The largest absolute Gasteiger partial charge is 0.496 e. The first-order chi connectivity index (χ1) is 15.7. The van der Waals surface area contributed by atoms with Crippen molar-refractivity contribution >= 4 is 27.4 Å². The van der Waals surface area contributed by atoms with Crippen molar-refractivity contribution in [3.8, 4) is 5.75 Å². The highest BCUT2D eigenvalue weighted by atomic mass is 32.1. The van der Waals surface area contributed by atoms with Crippen LogP contribution in [0.2, 0.25) is 0 Å². The minimum Gasteiger partial charge on any atom is -0.496 e. The average molecular weight is 446 g/mol. The molecule has 0 radical (unpaired) electrons. The minimum absolute atomic E-state index is 0.185. The van der Waals surface area contributed by atoms with Crippen molar-refractivity contribution in [2.75, 3.05) is 12.4 Å². The van der Waals surface area contributed by atoms with Crippen LogP contribution in [-0.4, -0.2) is 26.6 Å². The van der Waals surface area contributed by atoms with E-state index in [1.807, 2.05) is 49.0 Å². The van der Waals surface area contributed by atoms with Crippen molar-refractivity contribution in [1.29, 1.82) is 0 Å². The first-order valence-electron chi connectivity index (χ1n) is 11.4. The van der Waals surface area contributed by atoms with Gasteiger partial charge in [-0.1, -0.05) is 18.2 Å². The monoisotopic (exact) mass is 445 g/mol. The Labute approximate surface area is 191 Å². The van der Waals surface area contributed by atoms with E-state index in [0.717, 1.165) is 46.5 Å². The van der Waals surface area contributed by atoms with E-state index in [0.29, 0.717) is 5.92 Å². The predicted octanol–water partition coefficient (Wildman–Crippen LogP) is 5.39. The number of thiophene rings is 1. The normalized spacial score (nSPS) is 16.7. The molecule has 2 aliphatic rings. The molecule has 6 nitrogen and oxygen atoms in total. The Kier molecular flexibility index (Phi) is 4.86. The fourth-order valence-electron chi connectivity index (χ4n) is 4.78. The molecule has 6 rings (SSSR count). The maximum absolute atomic E-state index is 5.73. The highest BCUT2D eigenvalue weighted by Gasteiger charge is 2.31. The van der Waals surface area contributed by atoms with Crippen LogP contribution < -0.4 is 10.1 Å². The van der Waals surface area contributed by atoms with Gasteiger partial charge in [-0.15, -0.1) is 11.3 Å². The van der Waals surface area contributed by atoms with Gasteiger partial charge in [0.25, 0.3) is 0 Å². The second kappa shape index (κ2) is 7.89. The molecule has 0 aliphatic heterocycles. The predicted molar refractivity (Wildman–Crippen MR) is 128 cm³/mol. The van der Waals surface area contributed by atoms with Gasteiger partial charge in [-0.2, -0.15) is 0 Å². The van der Waals surface area contributed by atoms with E-state index in [4.69, 9.17) is 19.7 Å². The topological polar surface area (TPSA) is 64.9 Å². The molecule has 3 aromatic heterocycles. The van der Waals surface area contributed by atoms with Crippen LogP contribution in [0, 0.1) is 0 Å². The number of aromatic nitrogens is 4. The summed E-state index contributed by atoms with van der Waals surface area (Å²) in [5.74, 6) is 4.19. The molecule has 3 heterocycles. The number of anilines is 1. The highest BCUT2D eigenvalue weighted by Crippen LogP contribution is 2.44. The van der Waals surface area contributed by atoms with E-state index < -0.39 is 0 Å². The van der Waals surface area contributed by atoms with Crippen LogP contribution in [0.5, 0.6) is 5.75 Å². The molecular formula is C25H27N5OS. The molecule has 2 aliphatic carbocycles. The van der Waals surface area contributed by atoms with E-state index in [1.54, 1.807) is 7.11 Å². The molecule has 1 aromatic carbocycles. The maximum atomic E-state index is 5.73. The van der Waals surface area contributed by atoms with Crippen molar-refractivity contribution in [2.45, 2.75) is 50.5 Å². The number of rotatable bonds is 6. The number of para-hydroxylation sites is 1. The summed E-state index contributed by atoms with van der Waals surface area (Å²) in [7, 11) is 3.75. The van der Waals surface area contributed by atoms with Crippen LogP contribution in [0.1, 0.15) is 65.3 Å². The van der Waals surface area contributed by atoms with Crippen molar-refractivity contribution in [3.05, 3.63) is 64.3 Å². The van der Waals surface area contributed by atoms with Crippen LogP contribution in [0.25, 0.3) is 10.2 Å². The Balaban J connectivity index is 1.53. The second-order valence-electron chi connectivity index (χ2n) is 8.81. The van der Waals surface area contributed by atoms with Crippen LogP contribution in [0.15, 0.2) is 36.7 Å². The molecule has 0 spiro atoms.